The molecule has 118 valence electrons. The summed E-state index contributed by atoms with van der Waals surface area (Å²) in [6, 6.07) is 9.74. The van der Waals surface area contributed by atoms with Crippen molar-refractivity contribution in [3.05, 3.63) is 35.4 Å². The number of hydrogen-bond acceptors (Lipinski definition) is 2. The van der Waals surface area contributed by atoms with E-state index in [9.17, 15) is 0 Å². The molecule has 2 heteroatoms. The van der Waals surface area contributed by atoms with E-state index in [-0.39, 0.29) is 6.04 Å². The second-order valence-corrected chi connectivity index (χ2v) is 7.42. The van der Waals surface area contributed by atoms with Crippen molar-refractivity contribution in [2.45, 2.75) is 59.0 Å². The van der Waals surface area contributed by atoms with Gasteiger partial charge in [-0.25, -0.2) is 0 Å². The Morgan fingerprint density at radius 1 is 1.19 bits per heavy atom. The number of nitrogens with two attached hydrogens (primary N) is 1. The minimum atomic E-state index is 0.133. The topological polar surface area (TPSA) is 29.3 Å². The summed E-state index contributed by atoms with van der Waals surface area (Å²) in [6.45, 7) is 11.4. The van der Waals surface area contributed by atoms with E-state index in [0.29, 0.717) is 12.0 Å². The molecule has 3 atom stereocenters. The molecule has 1 heterocycles. The van der Waals surface area contributed by atoms with Crippen LogP contribution in [0, 0.1) is 11.8 Å². The fourth-order valence-electron chi connectivity index (χ4n) is 3.46. The molecular formula is C19H32N2. The van der Waals surface area contributed by atoms with Crippen molar-refractivity contribution in [3.63, 3.8) is 0 Å². The Morgan fingerprint density at radius 3 is 2.43 bits per heavy atom. The van der Waals surface area contributed by atoms with Gasteiger partial charge in [-0.05, 0) is 55.7 Å². The summed E-state index contributed by atoms with van der Waals surface area (Å²) >= 11 is 0. The van der Waals surface area contributed by atoms with Crippen molar-refractivity contribution in [2.24, 2.45) is 17.6 Å². The van der Waals surface area contributed by atoms with Crippen LogP contribution in [0.1, 0.15) is 57.7 Å². The third-order valence-electron chi connectivity index (χ3n) is 4.76. The van der Waals surface area contributed by atoms with Gasteiger partial charge in [0.05, 0.1) is 0 Å². The van der Waals surface area contributed by atoms with Crippen LogP contribution in [-0.2, 0) is 6.42 Å². The molecule has 1 fully saturated rings. The average molecular weight is 288 g/mol. The molecular weight excluding hydrogens is 256 g/mol. The summed E-state index contributed by atoms with van der Waals surface area (Å²) < 4.78 is 0. The van der Waals surface area contributed by atoms with Gasteiger partial charge in [-0.1, -0.05) is 45.0 Å². The summed E-state index contributed by atoms with van der Waals surface area (Å²) in [6.07, 6.45) is 3.76. The molecule has 0 bridgehead atoms. The number of likely N-dealkylation sites (tertiary alicyclic amines) is 1. The molecule has 1 aromatic rings. The van der Waals surface area contributed by atoms with Crippen LogP contribution < -0.4 is 5.73 Å². The lowest BCUT2D eigenvalue weighted by Gasteiger charge is -2.38. The number of hydrogen-bond donors (Lipinski definition) is 1. The minimum Gasteiger partial charge on any atom is -0.323 e. The fraction of sp³-hybridized carbons (Fsp3) is 0.684. The van der Waals surface area contributed by atoms with Crippen molar-refractivity contribution >= 4 is 0 Å². The summed E-state index contributed by atoms with van der Waals surface area (Å²) in [5.41, 5.74) is 9.12. The van der Waals surface area contributed by atoms with E-state index < -0.39 is 0 Å². The Morgan fingerprint density at radius 2 is 1.86 bits per heavy atom. The normalized spacial score (nSPS) is 25.2. The average Bonchev–Trinajstić information content (AvgIpc) is 2.42. The highest BCUT2D eigenvalue weighted by atomic mass is 15.2. The summed E-state index contributed by atoms with van der Waals surface area (Å²) in [5, 5.41) is 0. The molecule has 2 rings (SSSR count). The zero-order valence-electron chi connectivity index (χ0n) is 14.2. The van der Waals surface area contributed by atoms with Crippen molar-refractivity contribution in [2.75, 3.05) is 13.1 Å². The molecule has 1 aliphatic heterocycles. The Balaban J connectivity index is 1.92. The van der Waals surface area contributed by atoms with Crippen LogP contribution in [0.3, 0.4) is 0 Å². The van der Waals surface area contributed by atoms with Gasteiger partial charge in [-0.3, -0.25) is 4.90 Å². The van der Waals surface area contributed by atoms with E-state index in [1.54, 1.807) is 0 Å². The van der Waals surface area contributed by atoms with Crippen molar-refractivity contribution in [1.82, 2.24) is 4.90 Å². The van der Waals surface area contributed by atoms with E-state index in [4.69, 9.17) is 5.73 Å². The van der Waals surface area contributed by atoms with Crippen LogP contribution in [0.2, 0.25) is 0 Å². The van der Waals surface area contributed by atoms with Gasteiger partial charge in [0.15, 0.2) is 0 Å². The first kappa shape index (κ1) is 16.5. The molecule has 2 nitrogen and oxygen atoms in total. The fourth-order valence-corrected chi connectivity index (χ4v) is 3.46. The van der Waals surface area contributed by atoms with E-state index in [1.807, 2.05) is 0 Å². The Bertz CT molecular complexity index is 424. The number of benzene rings is 1. The third kappa shape index (κ3) is 4.82. The molecule has 2 N–H and O–H groups in total. The van der Waals surface area contributed by atoms with Crippen LogP contribution in [-0.4, -0.2) is 24.0 Å². The minimum absolute atomic E-state index is 0.133. The SMILES string of the molecule is CC(C)Cc1ccc(C(N)CN2CCC(C)CC2C)cc1. The first-order valence-electron chi connectivity index (χ1n) is 8.54. The highest BCUT2D eigenvalue weighted by Crippen LogP contribution is 2.24. The number of piperidine rings is 1. The highest BCUT2D eigenvalue weighted by molar-refractivity contribution is 5.25. The van der Waals surface area contributed by atoms with Crippen molar-refractivity contribution in [1.29, 1.82) is 0 Å². The molecule has 0 spiro atoms. The molecule has 0 aromatic heterocycles. The molecule has 1 aromatic carbocycles. The largest absolute Gasteiger partial charge is 0.323 e. The standard InChI is InChI=1S/C19H32N2/c1-14(2)11-17-5-7-18(8-6-17)19(20)13-21-10-9-15(3)12-16(21)4/h5-8,14-16,19H,9-13,20H2,1-4H3. The maximum atomic E-state index is 6.43. The maximum absolute atomic E-state index is 6.43. The van der Waals surface area contributed by atoms with Gasteiger partial charge in [0, 0.05) is 18.6 Å². The van der Waals surface area contributed by atoms with Gasteiger partial charge in [-0.2, -0.15) is 0 Å². The number of nitrogens with zero attached hydrogens (tertiary/aromatic N) is 1. The third-order valence-corrected chi connectivity index (χ3v) is 4.76. The molecule has 0 aliphatic carbocycles. The molecule has 0 saturated carbocycles. The molecule has 1 saturated heterocycles. The summed E-state index contributed by atoms with van der Waals surface area (Å²) in [7, 11) is 0. The highest BCUT2D eigenvalue weighted by Gasteiger charge is 2.24. The van der Waals surface area contributed by atoms with Gasteiger partial charge in [0.25, 0.3) is 0 Å². The van der Waals surface area contributed by atoms with Crippen molar-refractivity contribution < 1.29 is 0 Å². The van der Waals surface area contributed by atoms with Gasteiger partial charge in [0.1, 0.15) is 0 Å². The van der Waals surface area contributed by atoms with Crippen LogP contribution >= 0.6 is 0 Å². The molecule has 1 aliphatic rings. The Labute approximate surface area is 130 Å². The predicted molar refractivity (Wildman–Crippen MR) is 91.3 cm³/mol. The summed E-state index contributed by atoms with van der Waals surface area (Å²) in [4.78, 5) is 2.56. The van der Waals surface area contributed by atoms with E-state index in [0.717, 1.165) is 18.9 Å². The Hall–Kier alpha value is -0.860. The quantitative estimate of drug-likeness (QED) is 0.887. The molecule has 21 heavy (non-hydrogen) atoms. The lowest BCUT2D eigenvalue weighted by atomic mass is 9.92. The Kier molecular flexibility index (Phi) is 5.83. The van der Waals surface area contributed by atoms with E-state index >= 15 is 0 Å². The van der Waals surface area contributed by atoms with Crippen molar-refractivity contribution in [3.8, 4) is 0 Å². The molecule has 0 radical (unpaired) electrons. The first-order chi connectivity index (χ1) is 9.95. The monoisotopic (exact) mass is 288 g/mol. The predicted octanol–water partition coefficient (Wildman–Crippen LogP) is 4.01. The molecule has 3 unspecified atom stereocenters. The van der Waals surface area contributed by atoms with E-state index in [1.165, 1.54) is 30.5 Å². The van der Waals surface area contributed by atoms with Gasteiger partial charge < -0.3 is 5.73 Å². The van der Waals surface area contributed by atoms with E-state index in [2.05, 4.69) is 56.9 Å². The zero-order valence-corrected chi connectivity index (χ0v) is 14.2. The lowest BCUT2D eigenvalue weighted by Crippen LogP contribution is -2.43. The maximum Gasteiger partial charge on any atom is 0.0424 e. The van der Waals surface area contributed by atoms with Gasteiger partial charge >= 0.3 is 0 Å². The first-order valence-corrected chi connectivity index (χ1v) is 8.54. The zero-order chi connectivity index (χ0) is 15.4. The van der Waals surface area contributed by atoms with Gasteiger partial charge in [-0.15, -0.1) is 0 Å². The van der Waals surface area contributed by atoms with Crippen LogP contribution in [0.15, 0.2) is 24.3 Å². The van der Waals surface area contributed by atoms with Crippen LogP contribution in [0.25, 0.3) is 0 Å². The van der Waals surface area contributed by atoms with Gasteiger partial charge in [0.2, 0.25) is 0 Å². The number of rotatable bonds is 5. The van der Waals surface area contributed by atoms with Crippen LogP contribution in [0.5, 0.6) is 0 Å². The smallest absolute Gasteiger partial charge is 0.0424 e. The second kappa shape index (κ2) is 7.42. The van der Waals surface area contributed by atoms with Crippen LogP contribution in [0.4, 0.5) is 0 Å². The second-order valence-electron chi connectivity index (χ2n) is 7.42. The molecule has 0 amide bonds. The lowest BCUT2D eigenvalue weighted by molar-refractivity contribution is 0.122. The summed E-state index contributed by atoms with van der Waals surface area (Å²) in [5.74, 6) is 1.57.